The first-order chi connectivity index (χ1) is 25.9. The molecular formula is C39H34Cl2F4N6O3. The van der Waals surface area contributed by atoms with Gasteiger partial charge in [-0.2, -0.15) is 18.4 Å². The zero-order chi connectivity index (χ0) is 37.6. The molecule has 10 rings (SSSR count). The third kappa shape index (κ3) is 5.84. The van der Waals surface area contributed by atoms with Crippen LogP contribution in [0.5, 0.6) is 0 Å². The zero-order valence-electron chi connectivity index (χ0n) is 29.0. The molecular weight excluding hydrogens is 747 g/mol. The van der Waals surface area contributed by atoms with Crippen LogP contribution in [0.4, 0.5) is 17.6 Å². The molecule has 2 aromatic carbocycles. The molecule has 3 saturated heterocycles. The van der Waals surface area contributed by atoms with Crippen LogP contribution in [-0.4, -0.2) is 50.8 Å². The lowest BCUT2D eigenvalue weighted by atomic mass is 9.79. The number of alkyl halides is 3. The van der Waals surface area contributed by atoms with Crippen molar-refractivity contribution in [1.82, 2.24) is 24.9 Å². The number of fused-ring (bicyclic) bond motifs is 4. The van der Waals surface area contributed by atoms with E-state index in [1.807, 2.05) is 17.9 Å². The summed E-state index contributed by atoms with van der Waals surface area (Å²) in [6, 6.07) is 11.8. The average Bonchev–Trinajstić information content (AvgIpc) is 3.62. The van der Waals surface area contributed by atoms with E-state index in [1.54, 1.807) is 18.2 Å². The molecule has 5 atom stereocenters. The van der Waals surface area contributed by atoms with E-state index in [2.05, 4.69) is 31.7 Å². The lowest BCUT2D eigenvalue weighted by molar-refractivity contribution is -0.155. The van der Waals surface area contributed by atoms with E-state index in [0.29, 0.717) is 34.5 Å². The number of rotatable bonds is 9. The maximum absolute atomic E-state index is 17.2. The number of aromatic nitrogens is 3. The van der Waals surface area contributed by atoms with Gasteiger partial charge in [0, 0.05) is 77.2 Å². The van der Waals surface area contributed by atoms with Crippen molar-refractivity contribution in [1.29, 1.82) is 5.26 Å². The molecule has 5 aliphatic rings. The van der Waals surface area contributed by atoms with Crippen LogP contribution in [0.3, 0.4) is 0 Å². The van der Waals surface area contributed by atoms with Crippen LogP contribution in [0.1, 0.15) is 72.6 Å². The van der Waals surface area contributed by atoms with Crippen molar-refractivity contribution in [2.45, 2.75) is 82.5 Å². The highest BCUT2D eigenvalue weighted by Gasteiger charge is 2.51. The molecule has 0 spiro atoms. The summed E-state index contributed by atoms with van der Waals surface area (Å²) >= 11 is 13.0. The van der Waals surface area contributed by atoms with Crippen LogP contribution in [0.2, 0.25) is 10.0 Å². The first kappa shape index (κ1) is 35.5. The van der Waals surface area contributed by atoms with Gasteiger partial charge in [-0.1, -0.05) is 40.5 Å². The number of nitriles is 1. The van der Waals surface area contributed by atoms with E-state index in [-0.39, 0.29) is 76.7 Å². The van der Waals surface area contributed by atoms with Crippen molar-refractivity contribution in [2.75, 3.05) is 13.1 Å². The molecule has 0 radical (unpaired) electrons. The number of likely N-dealkylation sites (tertiary alicyclic amines) is 1. The molecule has 9 nitrogen and oxygen atoms in total. The molecule has 5 fully saturated rings. The number of aryl methyl sites for hydroxylation is 2. The van der Waals surface area contributed by atoms with Gasteiger partial charge in [-0.15, -0.1) is 0 Å². The number of pyridine rings is 1. The Morgan fingerprint density at radius 3 is 2.67 bits per heavy atom. The Morgan fingerprint density at radius 1 is 1.17 bits per heavy atom. The summed E-state index contributed by atoms with van der Waals surface area (Å²) in [5.41, 5.74) is 3.75. The Kier molecular flexibility index (Phi) is 8.69. The summed E-state index contributed by atoms with van der Waals surface area (Å²) in [4.78, 5) is 20.6. The number of benzene rings is 2. The fraction of sp³-hybridized carbons (Fsp3) is 0.436. The fourth-order valence-corrected chi connectivity index (χ4v) is 9.22. The van der Waals surface area contributed by atoms with Gasteiger partial charge in [0.2, 0.25) is 11.7 Å². The van der Waals surface area contributed by atoms with Crippen molar-refractivity contribution >= 4 is 50.9 Å². The van der Waals surface area contributed by atoms with Crippen molar-refractivity contribution in [2.24, 2.45) is 11.8 Å². The molecule has 3 aromatic heterocycles. The van der Waals surface area contributed by atoms with Gasteiger partial charge in [0.05, 0.1) is 46.4 Å². The normalized spacial score (nSPS) is 23.7. The SMILES string of the molecule is Cc1nc2c(F)c(-c3cccc(Cl)c3Cl)c(CCC#N)cc2c2c1cc(C1CC(OCc3cc(C(F)(F)F)on3)CN1C(=O)C1CC1)n2C1C2CNC1C2. The highest BCUT2D eigenvalue weighted by molar-refractivity contribution is 6.43. The molecule has 3 aliphatic heterocycles. The third-order valence-corrected chi connectivity index (χ3v) is 12.4. The minimum absolute atomic E-state index is 0.0119. The predicted octanol–water partition coefficient (Wildman–Crippen LogP) is 8.88. The van der Waals surface area contributed by atoms with Gasteiger partial charge in [-0.05, 0) is 62.3 Å². The van der Waals surface area contributed by atoms with Crippen molar-refractivity contribution in [3.05, 3.63) is 80.7 Å². The van der Waals surface area contributed by atoms with E-state index in [9.17, 15) is 23.2 Å². The molecule has 5 aromatic rings. The van der Waals surface area contributed by atoms with E-state index in [1.165, 1.54) is 0 Å². The van der Waals surface area contributed by atoms with Crippen molar-refractivity contribution in [3.8, 4) is 17.2 Å². The summed E-state index contributed by atoms with van der Waals surface area (Å²) in [6.45, 7) is 2.73. The first-order valence-corrected chi connectivity index (χ1v) is 18.8. The van der Waals surface area contributed by atoms with Crippen LogP contribution < -0.4 is 5.32 Å². The first-order valence-electron chi connectivity index (χ1n) is 18.1. The molecule has 2 bridgehead atoms. The minimum Gasteiger partial charge on any atom is -0.370 e. The molecule has 1 N–H and O–H groups in total. The Bertz CT molecular complexity index is 2370. The largest absolute Gasteiger partial charge is 0.452 e. The van der Waals surface area contributed by atoms with Gasteiger partial charge in [-0.3, -0.25) is 4.79 Å². The maximum atomic E-state index is 17.2. The quantitative estimate of drug-likeness (QED) is 0.149. The minimum atomic E-state index is -4.67. The second-order valence-corrected chi connectivity index (χ2v) is 15.7. The summed E-state index contributed by atoms with van der Waals surface area (Å²) < 4.78 is 69.6. The van der Waals surface area contributed by atoms with Crippen LogP contribution >= 0.6 is 23.2 Å². The van der Waals surface area contributed by atoms with Crippen LogP contribution in [0.25, 0.3) is 32.9 Å². The second-order valence-electron chi connectivity index (χ2n) is 14.9. The Labute approximate surface area is 317 Å². The van der Waals surface area contributed by atoms with E-state index >= 15 is 4.39 Å². The molecule has 2 aliphatic carbocycles. The van der Waals surface area contributed by atoms with Gasteiger partial charge in [0.1, 0.15) is 11.2 Å². The van der Waals surface area contributed by atoms with Crippen molar-refractivity contribution in [3.63, 3.8) is 0 Å². The van der Waals surface area contributed by atoms with E-state index in [4.69, 9.17) is 32.9 Å². The number of ether oxygens (including phenoxy) is 1. The third-order valence-electron chi connectivity index (χ3n) is 11.6. The summed E-state index contributed by atoms with van der Waals surface area (Å²) in [7, 11) is 0. The number of halogens is 6. The average molecular weight is 782 g/mol. The lowest BCUT2D eigenvalue weighted by Crippen LogP contribution is -2.41. The van der Waals surface area contributed by atoms with E-state index in [0.717, 1.165) is 48.5 Å². The number of amides is 1. The number of hydrogen-bond acceptors (Lipinski definition) is 7. The van der Waals surface area contributed by atoms with Gasteiger partial charge >= 0.3 is 6.18 Å². The van der Waals surface area contributed by atoms with Crippen LogP contribution in [0.15, 0.2) is 40.9 Å². The van der Waals surface area contributed by atoms with Crippen molar-refractivity contribution < 1.29 is 31.6 Å². The van der Waals surface area contributed by atoms with Gasteiger partial charge in [-0.25, -0.2) is 9.37 Å². The number of nitrogens with zero attached hydrogens (tertiary/aromatic N) is 5. The molecule has 2 saturated carbocycles. The Morgan fingerprint density at radius 2 is 1.98 bits per heavy atom. The molecule has 6 heterocycles. The predicted molar refractivity (Wildman–Crippen MR) is 192 cm³/mol. The highest BCUT2D eigenvalue weighted by Crippen LogP contribution is 2.51. The summed E-state index contributed by atoms with van der Waals surface area (Å²) in [6.07, 6.45) is -1.75. The number of nitrogens with one attached hydrogen (secondary N) is 1. The Balaban J connectivity index is 1.19. The molecule has 280 valence electrons. The molecule has 1 amide bonds. The highest BCUT2D eigenvalue weighted by atomic mass is 35.5. The summed E-state index contributed by atoms with van der Waals surface area (Å²) in [5.74, 6) is -1.51. The topological polar surface area (TPSA) is 109 Å². The smallest absolute Gasteiger partial charge is 0.370 e. The van der Waals surface area contributed by atoms with Crippen LogP contribution in [0, 0.1) is 35.9 Å². The van der Waals surface area contributed by atoms with Gasteiger partial charge < -0.3 is 24.0 Å². The zero-order valence-corrected chi connectivity index (χ0v) is 30.5. The fourth-order valence-electron chi connectivity index (χ4n) is 8.82. The molecule has 54 heavy (non-hydrogen) atoms. The lowest BCUT2D eigenvalue weighted by Gasteiger charge is -2.39. The number of carbonyl (C=O) groups is 1. The molecule has 15 heteroatoms. The molecule has 5 unspecified atom stereocenters. The number of hydrogen-bond donors (Lipinski definition) is 1. The van der Waals surface area contributed by atoms with Gasteiger partial charge in [0.15, 0.2) is 5.82 Å². The monoisotopic (exact) mass is 780 g/mol. The maximum Gasteiger partial charge on any atom is 0.452 e. The second kappa shape index (κ2) is 13.2. The van der Waals surface area contributed by atoms with Gasteiger partial charge in [0.25, 0.3) is 0 Å². The summed E-state index contributed by atoms with van der Waals surface area (Å²) in [5, 5.41) is 18.7. The van der Waals surface area contributed by atoms with E-state index < -0.39 is 29.9 Å². The van der Waals surface area contributed by atoms with Crippen LogP contribution in [-0.2, 0) is 28.7 Å². The Hall–Kier alpha value is -4.22. The standard InChI is InChI=1S/C39H34Cl2F4N6O3/c1-18-25-14-30(29-13-23(16-50(29)38(52)19-7-8-19)53-17-22-12-31(54-49-22)39(43,44)45)51(36-21-11-28(36)47-15-21)37(25)26-10-20(4-3-9-46)32(34(42)35(26)48-18)24-5-2-6-27(40)33(24)41/h2,5-6,10,12,14,19,21,23,28-29,36,47H,3-4,7-8,11,13,15-17H2,1H3. The number of carbonyl (C=O) groups excluding carboxylic acids is 1.